The molecule has 0 unspecified atom stereocenters. The minimum absolute atomic E-state index is 0.893. The third-order valence-corrected chi connectivity index (χ3v) is 14.7. The Morgan fingerprint density at radius 3 is 1.39 bits per heavy atom. The number of hydrogen-bond donors (Lipinski definition) is 0. The molecule has 0 aromatic rings. The van der Waals surface area contributed by atoms with Gasteiger partial charge in [0.15, 0.2) is 25.0 Å². The summed E-state index contributed by atoms with van der Waals surface area (Å²) < 4.78 is 20.0. The van der Waals surface area contributed by atoms with Crippen molar-refractivity contribution in [1.29, 1.82) is 0 Å². The van der Waals surface area contributed by atoms with Gasteiger partial charge in [-0.25, -0.2) is 0 Å². The van der Waals surface area contributed by atoms with E-state index in [0.717, 1.165) is 19.0 Å². The normalized spacial score (nSPS) is 14.0. The molecule has 0 aliphatic rings. The molecule has 0 bridgehead atoms. The number of rotatable bonds is 11. The molecule has 0 heterocycles. The van der Waals surface area contributed by atoms with E-state index in [2.05, 4.69) is 70.4 Å². The zero-order valence-electron chi connectivity index (χ0n) is 17.1. The summed E-state index contributed by atoms with van der Waals surface area (Å²) in [7, 11) is -5.87. The van der Waals surface area contributed by atoms with Crippen LogP contribution in [0.25, 0.3) is 0 Å². The van der Waals surface area contributed by atoms with Gasteiger partial charge in [0, 0.05) is 19.6 Å². The lowest BCUT2D eigenvalue weighted by Crippen LogP contribution is -2.60. The van der Waals surface area contributed by atoms with Gasteiger partial charge in [0.2, 0.25) is 0 Å². The van der Waals surface area contributed by atoms with E-state index in [0.29, 0.717) is 0 Å². The highest BCUT2D eigenvalue weighted by Crippen LogP contribution is 2.29. The van der Waals surface area contributed by atoms with E-state index in [-0.39, 0.29) is 0 Å². The van der Waals surface area contributed by atoms with Crippen LogP contribution in [0.5, 0.6) is 0 Å². The summed E-state index contributed by atoms with van der Waals surface area (Å²) in [5, 5.41) is 0. The van der Waals surface area contributed by atoms with E-state index >= 15 is 0 Å². The summed E-state index contributed by atoms with van der Waals surface area (Å²) in [6.07, 6.45) is 2.87. The average molecular weight is 394 g/mol. The van der Waals surface area contributed by atoms with Crippen LogP contribution in [-0.2, 0) is 12.3 Å². The standard InChI is InChI=1S/C15H39NO3Si4/c1-12-16(2)14-13-15-23(17-20(3,4)5,18-21(6,7)8)19-22(9,10)11/h12H,1,13-15H2,2-11H3. The van der Waals surface area contributed by atoms with Gasteiger partial charge in [-0.15, -0.1) is 0 Å². The van der Waals surface area contributed by atoms with Crippen LogP contribution in [0.1, 0.15) is 6.42 Å². The Hall–Kier alpha value is 0.288. The fraction of sp³-hybridized carbons (Fsp3) is 0.867. The van der Waals surface area contributed by atoms with Gasteiger partial charge in [0.05, 0.1) is 0 Å². The second-order valence-electron chi connectivity index (χ2n) is 9.09. The van der Waals surface area contributed by atoms with Crippen molar-refractivity contribution < 1.29 is 12.3 Å². The van der Waals surface area contributed by atoms with Crippen LogP contribution in [0, 0.1) is 0 Å². The Kier molecular flexibility index (Phi) is 8.70. The minimum atomic E-state index is -2.66. The van der Waals surface area contributed by atoms with E-state index in [9.17, 15) is 0 Å². The SMILES string of the molecule is C=CN(C)CCC[Si](O[Si](C)(C)C)(O[Si](C)(C)C)O[Si](C)(C)C. The lowest BCUT2D eigenvalue weighted by molar-refractivity contribution is 0.248. The van der Waals surface area contributed by atoms with Gasteiger partial charge in [-0.1, -0.05) is 6.58 Å². The van der Waals surface area contributed by atoms with E-state index in [4.69, 9.17) is 12.3 Å². The number of nitrogens with zero attached hydrogens (tertiary/aromatic N) is 1. The van der Waals surface area contributed by atoms with Gasteiger partial charge < -0.3 is 17.2 Å². The van der Waals surface area contributed by atoms with E-state index in [1.807, 2.05) is 13.2 Å². The van der Waals surface area contributed by atoms with Crippen molar-refractivity contribution in [3.05, 3.63) is 12.8 Å². The molecule has 0 atom stereocenters. The molecule has 0 saturated carbocycles. The van der Waals surface area contributed by atoms with Crippen molar-refractivity contribution >= 4 is 33.8 Å². The fourth-order valence-electron chi connectivity index (χ4n) is 2.25. The maximum absolute atomic E-state index is 6.65. The molecule has 8 heteroatoms. The maximum Gasteiger partial charge on any atom is 0.469 e. The summed E-state index contributed by atoms with van der Waals surface area (Å²) >= 11 is 0. The summed E-state index contributed by atoms with van der Waals surface area (Å²) in [6, 6.07) is 0.893. The Morgan fingerprint density at radius 2 is 1.13 bits per heavy atom. The first-order chi connectivity index (χ1) is 10.1. The molecule has 0 aliphatic carbocycles. The highest BCUT2D eigenvalue weighted by Gasteiger charge is 2.49. The van der Waals surface area contributed by atoms with Crippen molar-refractivity contribution in [2.45, 2.75) is 71.4 Å². The van der Waals surface area contributed by atoms with Crippen molar-refractivity contribution in [1.82, 2.24) is 4.90 Å². The molecule has 0 saturated heterocycles. The molecular weight excluding hydrogens is 355 g/mol. The first-order valence-electron chi connectivity index (χ1n) is 8.51. The molecule has 0 aromatic carbocycles. The van der Waals surface area contributed by atoms with Crippen LogP contribution in [0.2, 0.25) is 65.0 Å². The van der Waals surface area contributed by atoms with Crippen LogP contribution in [0.15, 0.2) is 12.8 Å². The minimum Gasteiger partial charge on any atom is -0.417 e. The third-order valence-electron chi connectivity index (χ3n) is 2.69. The summed E-state index contributed by atoms with van der Waals surface area (Å²) in [5.74, 6) is 0. The second kappa shape index (κ2) is 8.59. The molecule has 23 heavy (non-hydrogen) atoms. The topological polar surface area (TPSA) is 30.9 Å². The van der Waals surface area contributed by atoms with Crippen LogP contribution in [0.4, 0.5) is 0 Å². The Bertz CT molecular complexity index is 332. The van der Waals surface area contributed by atoms with Gasteiger partial charge in [0.1, 0.15) is 0 Å². The Balaban J connectivity index is 5.40. The molecule has 0 N–H and O–H groups in total. The molecule has 0 aromatic heterocycles. The van der Waals surface area contributed by atoms with Crippen LogP contribution < -0.4 is 0 Å². The smallest absolute Gasteiger partial charge is 0.417 e. The van der Waals surface area contributed by atoms with Gasteiger partial charge in [-0.2, -0.15) is 0 Å². The lowest BCUT2D eigenvalue weighted by atomic mass is 10.4. The molecule has 0 spiro atoms. The van der Waals surface area contributed by atoms with Gasteiger partial charge in [0.25, 0.3) is 0 Å². The summed E-state index contributed by atoms with van der Waals surface area (Å²) in [4.78, 5) is 2.11. The molecule has 138 valence electrons. The van der Waals surface area contributed by atoms with Gasteiger partial charge in [-0.05, 0) is 71.5 Å². The quantitative estimate of drug-likeness (QED) is 0.465. The monoisotopic (exact) mass is 393 g/mol. The van der Waals surface area contributed by atoms with E-state index in [1.165, 1.54) is 0 Å². The van der Waals surface area contributed by atoms with Gasteiger partial charge >= 0.3 is 8.80 Å². The molecule has 0 radical (unpaired) electrons. The van der Waals surface area contributed by atoms with Crippen LogP contribution in [-0.4, -0.2) is 52.2 Å². The molecule has 0 fully saturated rings. The molecule has 0 amide bonds. The first kappa shape index (κ1) is 23.3. The predicted octanol–water partition coefficient (Wildman–Crippen LogP) is 4.95. The average Bonchev–Trinajstić information content (AvgIpc) is 2.20. The number of hydrogen-bond acceptors (Lipinski definition) is 4. The third kappa shape index (κ3) is 12.3. The maximum atomic E-state index is 6.65. The predicted molar refractivity (Wildman–Crippen MR) is 111 cm³/mol. The highest BCUT2D eigenvalue weighted by molar-refractivity contribution is 6.90. The first-order valence-corrected chi connectivity index (χ1v) is 20.7. The Morgan fingerprint density at radius 1 is 0.783 bits per heavy atom. The van der Waals surface area contributed by atoms with Crippen molar-refractivity contribution in [3.8, 4) is 0 Å². The molecule has 0 aliphatic heterocycles. The van der Waals surface area contributed by atoms with E-state index in [1.54, 1.807) is 0 Å². The van der Waals surface area contributed by atoms with E-state index < -0.39 is 33.8 Å². The summed E-state index contributed by atoms with van der Waals surface area (Å²) in [5.41, 5.74) is 0. The zero-order valence-corrected chi connectivity index (χ0v) is 21.1. The zero-order chi connectivity index (χ0) is 18.5. The Labute approximate surface area is 149 Å². The molecule has 4 nitrogen and oxygen atoms in total. The molecular formula is C15H39NO3Si4. The van der Waals surface area contributed by atoms with Crippen molar-refractivity contribution in [2.75, 3.05) is 13.6 Å². The fourth-order valence-corrected chi connectivity index (χ4v) is 16.9. The highest BCUT2D eigenvalue weighted by atomic mass is 28.5. The lowest BCUT2D eigenvalue weighted by Gasteiger charge is -2.43. The largest absolute Gasteiger partial charge is 0.469 e. The van der Waals surface area contributed by atoms with Crippen LogP contribution in [0.3, 0.4) is 0 Å². The summed E-state index contributed by atoms with van der Waals surface area (Å²) in [6.45, 7) is 24.8. The van der Waals surface area contributed by atoms with Gasteiger partial charge in [-0.3, -0.25) is 0 Å². The second-order valence-corrected chi connectivity index (χ2v) is 26.1. The molecule has 0 rings (SSSR count). The van der Waals surface area contributed by atoms with Crippen molar-refractivity contribution in [2.24, 2.45) is 0 Å². The van der Waals surface area contributed by atoms with Crippen LogP contribution >= 0.6 is 0 Å². The van der Waals surface area contributed by atoms with Crippen molar-refractivity contribution in [3.63, 3.8) is 0 Å².